The molecule has 0 spiro atoms. The van der Waals surface area contributed by atoms with Crippen molar-refractivity contribution in [2.45, 2.75) is 116 Å². The second-order valence-corrected chi connectivity index (χ2v) is 17.8. The van der Waals surface area contributed by atoms with Gasteiger partial charge in [0.05, 0.1) is 70.6 Å². The van der Waals surface area contributed by atoms with E-state index in [-0.39, 0.29) is 29.0 Å². The predicted molar refractivity (Wildman–Crippen MR) is 280 cm³/mol. The number of carboxylic acids is 2. The lowest BCUT2D eigenvalue weighted by atomic mass is 10.0. The Morgan fingerprint density at radius 2 is 0.693 bits per heavy atom. The molecule has 19 heteroatoms. The Labute approximate surface area is 441 Å². The number of nitrogens with zero attached hydrogens (tertiary/aromatic N) is 3. The molecule has 402 valence electrons. The first-order valence-electron chi connectivity index (χ1n) is 23.2. The van der Waals surface area contributed by atoms with Crippen LogP contribution in [-0.4, -0.2) is 74.0 Å². The van der Waals surface area contributed by atoms with Gasteiger partial charge in [0.1, 0.15) is 53.5 Å². The fourth-order valence-corrected chi connectivity index (χ4v) is 8.22. The van der Waals surface area contributed by atoms with Crippen LogP contribution >= 0.6 is 11.6 Å². The van der Waals surface area contributed by atoms with Crippen molar-refractivity contribution in [2.75, 3.05) is 14.2 Å². The maximum atomic E-state index is 11.7. The molecule has 0 fully saturated rings. The normalized spacial score (nSPS) is 10.3. The largest absolute Gasteiger partial charge is 0.508 e. The summed E-state index contributed by atoms with van der Waals surface area (Å²) in [7, 11) is 2.72. The second-order valence-electron chi connectivity index (χ2n) is 17.5. The first-order chi connectivity index (χ1) is 35.2. The zero-order valence-corrected chi connectivity index (χ0v) is 46.0. The minimum atomic E-state index is -0.954. The molecule has 4 aromatic carbocycles. The van der Waals surface area contributed by atoms with Gasteiger partial charge in [0.2, 0.25) is 0 Å². The number of benzene rings is 4. The van der Waals surface area contributed by atoms with Crippen LogP contribution in [0.2, 0.25) is 0 Å². The molecule has 0 aliphatic carbocycles. The quantitative estimate of drug-likeness (QED) is 0.0693. The van der Waals surface area contributed by atoms with Crippen molar-refractivity contribution in [3.05, 3.63) is 166 Å². The highest BCUT2D eigenvalue weighted by molar-refractivity contribution is 6.17. The molecular formula is C56H66ClN3O15. The number of carboxylic acid groups (broad SMARTS) is 2. The van der Waals surface area contributed by atoms with E-state index in [1.165, 1.54) is 26.4 Å². The Morgan fingerprint density at radius 3 is 0.920 bits per heavy atom. The van der Waals surface area contributed by atoms with E-state index in [1.54, 1.807) is 65.8 Å². The number of aryl methyl sites for hydroxylation is 14. The summed E-state index contributed by atoms with van der Waals surface area (Å²) in [6.45, 7) is 26.0. The number of aromatic nitrogens is 3. The molecule has 0 aliphatic rings. The van der Waals surface area contributed by atoms with Crippen LogP contribution in [0.25, 0.3) is 0 Å². The lowest BCUT2D eigenvalue weighted by molar-refractivity contribution is 0.0590. The molecule has 3 aromatic heterocycles. The Bertz CT molecular complexity index is 3000. The van der Waals surface area contributed by atoms with Gasteiger partial charge < -0.3 is 52.9 Å². The van der Waals surface area contributed by atoms with Gasteiger partial charge in [-0.1, -0.05) is 15.5 Å². The van der Waals surface area contributed by atoms with Gasteiger partial charge in [0.25, 0.3) is 0 Å². The number of phenols is 2. The lowest BCUT2D eigenvalue weighted by Gasteiger charge is -2.12. The highest BCUT2D eigenvalue weighted by atomic mass is 35.5. The van der Waals surface area contributed by atoms with Crippen LogP contribution < -0.4 is 9.47 Å². The molecule has 0 unspecified atom stereocenters. The minimum Gasteiger partial charge on any atom is -0.508 e. The van der Waals surface area contributed by atoms with Gasteiger partial charge >= 0.3 is 23.9 Å². The number of carbonyl (C=O) groups is 4. The Kier molecular flexibility index (Phi) is 22.7. The Balaban J connectivity index is 0.000000255. The number of aromatic carboxylic acids is 2. The van der Waals surface area contributed by atoms with Crippen molar-refractivity contribution in [3.8, 4) is 23.0 Å². The van der Waals surface area contributed by atoms with Gasteiger partial charge in [-0.15, -0.1) is 11.6 Å². The van der Waals surface area contributed by atoms with Crippen LogP contribution in [0, 0.1) is 96.9 Å². The van der Waals surface area contributed by atoms with Crippen LogP contribution in [0.1, 0.15) is 137 Å². The van der Waals surface area contributed by atoms with Gasteiger partial charge in [-0.2, -0.15) is 0 Å². The highest BCUT2D eigenvalue weighted by Gasteiger charge is 2.18. The molecule has 0 aliphatic heterocycles. The van der Waals surface area contributed by atoms with Crippen molar-refractivity contribution < 1.29 is 72.1 Å². The summed E-state index contributed by atoms with van der Waals surface area (Å²) in [5.41, 5.74) is 12.8. The molecule has 7 aromatic rings. The van der Waals surface area contributed by atoms with Gasteiger partial charge in [0, 0.05) is 5.56 Å². The molecule has 3 heterocycles. The van der Waals surface area contributed by atoms with E-state index in [9.17, 15) is 24.3 Å². The molecule has 0 atom stereocenters. The van der Waals surface area contributed by atoms with Crippen molar-refractivity contribution in [1.29, 1.82) is 0 Å². The molecule has 0 saturated carbocycles. The van der Waals surface area contributed by atoms with E-state index in [0.717, 1.165) is 73.3 Å². The molecule has 0 amide bonds. The van der Waals surface area contributed by atoms with Crippen molar-refractivity contribution in [3.63, 3.8) is 0 Å². The molecule has 0 bridgehead atoms. The fraction of sp³-hybridized carbons (Fsp3) is 0.339. The van der Waals surface area contributed by atoms with E-state index in [0.29, 0.717) is 69.5 Å². The average Bonchev–Trinajstić information content (AvgIpc) is 3.94. The number of ether oxygens (including phenoxy) is 4. The third-order valence-electron chi connectivity index (χ3n) is 11.7. The lowest BCUT2D eigenvalue weighted by Crippen LogP contribution is -2.07. The topological polar surface area (TPSA) is 264 Å². The van der Waals surface area contributed by atoms with Crippen LogP contribution in [0.4, 0.5) is 0 Å². The zero-order chi connectivity index (χ0) is 56.6. The van der Waals surface area contributed by atoms with Crippen molar-refractivity contribution in [2.24, 2.45) is 0 Å². The van der Waals surface area contributed by atoms with Crippen molar-refractivity contribution in [1.82, 2.24) is 15.5 Å². The molecular weight excluding hydrogens is 990 g/mol. The molecule has 4 N–H and O–H groups in total. The zero-order valence-electron chi connectivity index (χ0n) is 45.2. The SMILES string of the molecule is COC(=O)c1c(C)cc(O)cc1C.COC(=O)c1c(C)cc(OCc2c(C)noc2C)cc1C.Cc1cc(O)cc(C)c1C(=O)O.Cc1cc(OCc2c(C)noc2C)cc(C)c1C(=O)O.Cc1noc(C)c1CCl. The van der Waals surface area contributed by atoms with Crippen LogP contribution in [0.5, 0.6) is 23.0 Å². The molecule has 7 rings (SSSR count). The number of hydrogen-bond donors (Lipinski definition) is 4. The maximum Gasteiger partial charge on any atom is 0.338 e. The van der Waals surface area contributed by atoms with E-state index < -0.39 is 11.9 Å². The average molecular weight is 1060 g/mol. The Morgan fingerprint density at radius 1 is 0.440 bits per heavy atom. The van der Waals surface area contributed by atoms with E-state index in [2.05, 4.69) is 20.2 Å². The number of rotatable bonds is 11. The van der Waals surface area contributed by atoms with Crippen LogP contribution in [-0.2, 0) is 28.6 Å². The fourth-order valence-electron chi connectivity index (χ4n) is 7.84. The van der Waals surface area contributed by atoms with Crippen molar-refractivity contribution >= 4 is 35.5 Å². The van der Waals surface area contributed by atoms with Gasteiger partial charge in [-0.25, -0.2) is 19.2 Å². The molecule has 18 nitrogen and oxygen atoms in total. The summed E-state index contributed by atoms with van der Waals surface area (Å²) >= 11 is 5.58. The first kappa shape index (κ1) is 61.2. The van der Waals surface area contributed by atoms with Crippen LogP contribution in [0.15, 0.2) is 62.1 Å². The molecule has 0 radical (unpaired) electrons. The summed E-state index contributed by atoms with van der Waals surface area (Å²) in [6.07, 6.45) is 0. The summed E-state index contributed by atoms with van der Waals surface area (Å²) in [6, 6.07) is 13.1. The van der Waals surface area contributed by atoms with Gasteiger partial charge in [-0.3, -0.25) is 0 Å². The van der Waals surface area contributed by atoms with E-state index >= 15 is 0 Å². The smallest absolute Gasteiger partial charge is 0.338 e. The number of alkyl halides is 1. The summed E-state index contributed by atoms with van der Waals surface area (Å²) in [4.78, 5) is 44.8. The number of methoxy groups -OCH3 is 2. The first-order valence-corrected chi connectivity index (χ1v) is 23.7. The third kappa shape index (κ3) is 16.7. The van der Waals surface area contributed by atoms with E-state index in [1.807, 2.05) is 67.5 Å². The summed E-state index contributed by atoms with van der Waals surface area (Å²) in [5.74, 6) is 1.86. The number of aromatic hydroxyl groups is 2. The van der Waals surface area contributed by atoms with Gasteiger partial charge in [0.15, 0.2) is 0 Å². The monoisotopic (exact) mass is 1060 g/mol. The number of carbonyl (C=O) groups excluding carboxylic acids is 2. The number of phenolic OH excluding ortho intramolecular Hbond substituents is 2. The van der Waals surface area contributed by atoms with Gasteiger partial charge in [-0.05, 0) is 190 Å². The van der Waals surface area contributed by atoms with E-state index in [4.69, 9.17) is 54.7 Å². The maximum absolute atomic E-state index is 11.7. The minimum absolute atomic E-state index is 0.106. The molecule has 0 saturated heterocycles. The third-order valence-corrected chi connectivity index (χ3v) is 12.0. The predicted octanol–water partition coefficient (Wildman–Crippen LogP) is 12.0. The highest BCUT2D eigenvalue weighted by Crippen LogP contribution is 2.27. The number of hydrogen-bond acceptors (Lipinski definition) is 16. The summed E-state index contributed by atoms with van der Waals surface area (Å²) < 4.78 is 35.9. The van der Waals surface area contributed by atoms with Crippen LogP contribution in [0.3, 0.4) is 0 Å². The molecule has 75 heavy (non-hydrogen) atoms. The number of halogens is 1. The summed E-state index contributed by atoms with van der Waals surface area (Å²) in [5, 5.41) is 47.7. The number of esters is 2. The Hall–Kier alpha value is -8.12. The second kappa shape index (κ2) is 27.8. The standard InChI is InChI=1S/C16H19NO4.C15H17NO4.C10H12O3.C9H10O3.C6H8ClNO/c1-9-6-13(7-10(2)15(9)16(18)19-5)20-8-14-11(3)17-21-12(14)4;1-8-5-12(6-9(2)14(8)15(17)18)19-7-13-10(3)16-20-11(13)4;1-6-4-8(11)5-7(2)9(6)10(12)13-3;1-5-3-7(10)4-6(2)8(5)9(11)12;1-4-6(3-7)5(2)9-8-4/h6-7H,8H2,1-5H3;5-6H,7H2,1-4H3,(H,17,18);4-5,11H,1-3H3;3-4,10H,1-2H3,(H,11,12);3H2,1-2H3.